The van der Waals surface area contributed by atoms with E-state index in [-0.39, 0.29) is 17.6 Å². The first-order valence-corrected chi connectivity index (χ1v) is 7.71. The zero-order chi connectivity index (χ0) is 17.1. The van der Waals surface area contributed by atoms with E-state index < -0.39 is 4.92 Å². The molecule has 0 N–H and O–H groups in total. The average Bonchev–Trinajstić information content (AvgIpc) is 3.21. The lowest BCUT2D eigenvalue weighted by atomic mass is 10.1. The van der Waals surface area contributed by atoms with Crippen LogP contribution in [0.4, 0.5) is 5.69 Å². The molecule has 1 amide bonds. The second kappa shape index (κ2) is 6.66. The zero-order valence-corrected chi connectivity index (χ0v) is 13.2. The number of aromatic nitrogens is 1. The number of hydrogen-bond donors (Lipinski definition) is 0. The number of carbonyl (C=O) groups is 1. The van der Waals surface area contributed by atoms with Gasteiger partial charge in [0.25, 0.3) is 5.69 Å². The van der Waals surface area contributed by atoms with Crippen LogP contribution in [-0.4, -0.2) is 27.4 Å². The van der Waals surface area contributed by atoms with Gasteiger partial charge in [-0.25, -0.2) is 0 Å². The number of aryl methyl sites for hydroxylation is 1. The monoisotopic (exact) mass is 327 g/mol. The minimum Gasteiger partial charge on any atom is -0.361 e. The van der Waals surface area contributed by atoms with Crippen molar-refractivity contribution in [1.29, 1.82) is 0 Å². The molecule has 0 spiro atoms. The van der Waals surface area contributed by atoms with E-state index in [0.29, 0.717) is 12.1 Å². The summed E-state index contributed by atoms with van der Waals surface area (Å²) in [4.78, 5) is 24.6. The molecule has 2 heterocycles. The van der Waals surface area contributed by atoms with E-state index in [9.17, 15) is 14.9 Å². The van der Waals surface area contributed by atoms with Crippen LogP contribution in [0.15, 0.2) is 40.9 Å². The van der Waals surface area contributed by atoms with Gasteiger partial charge in [-0.3, -0.25) is 14.9 Å². The Balaban J connectivity index is 1.74. The summed E-state index contributed by atoms with van der Waals surface area (Å²) in [7, 11) is 0. The second-order valence-electron chi connectivity index (χ2n) is 5.74. The van der Waals surface area contributed by atoms with Crippen LogP contribution < -0.4 is 0 Å². The third-order valence-corrected chi connectivity index (χ3v) is 4.02. The molecular weight excluding hydrogens is 310 g/mol. The highest BCUT2D eigenvalue weighted by Crippen LogP contribution is 2.31. The van der Waals surface area contributed by atoms with Gasteiger partial charge in [-0.15, -0.1) is 0 Å². The molecule has 0 radical (unpaired) electrons. The molecule has 124 valence electrons. The highest BCUT2D eigenvalue weighted by Gasteiger charge is 2.30. The Morgan fingerprint density at radius 3 is 3.00 bits per heavy atom. The minimum atomic E-state index is -0.456. The number of hydrogen-bond acceptors (Lipinski definition) is 5. The van der Waals surface area contributed by atoms with Gasteiger partial charge in [0.15, 0.2) is 0 Å². The van der Waals surface area contributed by atoms with Gasteiger partial charge in [0.1, 0.15) is 11.5 Å². The molecule has 24 heavy (non-hydrogen) atoms. The van der Waals surface area contributed by atoms with E-state index in [0.717, 1.165) is 24.3 Å². The van der Waals surface area contributed by atoms with Crippen molar-refractivity contribution in [2.45, 2.75) is 25.8 Å². The van der Waals surface area contributed by atoms with Crippen molar-refractivity contribution in [3.05, 3.63) is 63.5 Å². The van der Waals surface area contributed by atoms with Crippen molar-refractivity contribution in [2.75, 3.05) is 6.54 Å². The Hall–Kier alpha value is -2.96. The SMILES string of the molecule is Cc1cc(C2CCCN2C(=O)/C=C/c2cccc([N+](=O)[O-])c2)no1. The largest absolute Gasteiger partial charge is 0.361 e. The number of carbonyl (C=O) groups excluding carboxylic acids is 1. The fourth-order valence-corrected chi connectivity index (χ4v) is 2.89. The molecule has 0 bridgehead atoms. The Kier molecular flexibility index (Phi) is 4.41. The molecule has 7 heteroatoms. The molecule has 1 fully saturated rings. The van der Waals surface area contributed by atoms with Gasteiger partial charge >= 0.3 is 0 Å². The lowest BCUT2D eigenvalue weighted by Crippen LogP contribution is -2.29. The summed E-state index contributed by atoms with van der Waals surface area (Å²) in [5.74, 6) is 0.584. The maximum absolute atomic E-state index is 12.5. The summed E-state index contributed by atoms with van der Waals surface area (Å²) < 4.78 is 5.10. The number of amides is 1. The summed E-state index contributed by atoms with van der Waals surface area (Å²) in [6.45, 7) is 2.48. The Bertz CT molecular complexity index is 797. The first-order chi connectivity index (χ1) is 11.5. The average molecular weight is 327 g/mol. The van der Waals surface area contributed by atoms with Gasteiger partial charge in [0.05, 0.1) is 11.0 Å². The van der Waals surface area contributed by atoms with Crippen LogP contribution in [0.2, 0.25) is 0 Å². The van der Waals surface area contributed by atoms with Gasteiger partial charge in [-0.05, 0) is 31.4 Å². The molecule has 7 nitrogen and oxygen atoms in total. The van der Waals surface area contributed by atoms with Crippen LogP contribution in [0.5, 0.6) is 0 Å². The highest BCUT2D eigenvalue weighted by atomic mass is 16.6. The fraction of sp³-hybridized carbons (Fsp3) is 0.294. The van der Waals surface area contributed by atoms with E-state index in [4.69, 9.17) is 4.52 Å². The molecule has 0 aliphatic carbocycles. The normalized spacial score (nSPS) is 17.5. The summed E-state index contributed by atoms with van der Waals surface area (Å²) in [6.07, 6.45) is 4.80. The molecule has 1 saturated heterocycles. The third kappa shape index (κ3) is 3.34. The van der Waals surface area contributed by atoms with Gasteiger partial charge < -0.3 is 9.42 Å². The smallest absolute Gasteiger partial charge is 0.270 e. The van der Waals surface area contributed by atoms with Crippen LogP contribution in [0, 0.1) is 17.0 Å². The first-order valence-electron chi connectivity index (χ1n) is 7.71. The van der Waals surface area contributed by atoms with Crippen LogP contribution in [-0.2, 0) is 4.79 Å². The summed E-state index contributed by atoms with van der Waals surface area (Å²) >= 11 is 0. The standard InChI is InChI=1S/C17H17N3O4/c1-12-10-15(18-24-12)16-6-3-9-19(16)17(21)8-7-13-4-2-5-14(11-13)20(22)23/h2,4-5,7-8,10-11,16H,3,6,9H2,1H3/b8-7+. The van der Waals surface area contributed by atoms with Gasteiger partial charge in [0.2, 0.25) is 5.91 Å². The van der Waals surface area contributed by atoms with Gasteiger partial charge in [-0.2, -0.15) is 0 Å². The Morgan fingerprint density at radius 1 is 1.46 bits per heavy atom. The lowest BCUT2D eigenvalue weighted by Gasteiger charge is -2.21. The number of nitro benzene ring substituents is 1. The quantitative estimate of drug-likeness (QED) is 0.488. The van der Waals surface area contributed by atoms with Crippen LogP contribution >= 0.6 is 0 Å². The van der Waals surface area contributed by atoms with E-state index in [1.807, 2.05) is 13.0 Å². The van der Waals surface area contributed by atoms with Gasteiger partial charge in [-0.1, -0.05) is 17.3 Å². The molecule has 1 aromatic heterocycles. The van der Waals surface area contributed by atoms with Crippen molar-refractivity contribution in [3.63, 3.8) is 0 Å². The molecule has 1 atom stereocenters. The maximum atomic E-state index is 12.5. The summed E-state index contributed by atoms with van der Waals surface area (Å²) in [6, 6.07) is 7.94. The number of rotatable bonds is 4. The van der Waals surface area contributed by atoms with Crippen molar-refractivity contribution < 1.29 is 14.2 Å². The molecule has 3 rings (SSSR count). The molecule has 0 saturated carbocycles. The van der Waals surface area contributed by atoms with E-state index in [1.54, 1.807) is 23.1 Å². The molecule has 1 aromatic carbocycles. The minimum absolute atomic E-state index is 0.00159. The number of benzene rings is 1. The molecule has 1 aliphatic rings. The molecule has 1 aliphatic heterocycles. The summed E-state index contributed by atoms with van der Waals surface area (Å²) in [5.41, 5.74) is 1.38. The second-order valence-corrected chi connectivity index (χ2v) is 5.74. The predicted molar refractivity (Wildman–Crippen MR) is 87.1 cm³/mol. The topological polar surface area (TPSA) is 89.5 Å². The number of non-ortho nitro benzene ring substituents is 1. The Labute approximate surface area is 138 Å². The van der Waals surface area contributed by atoms with Crippen molar-refractivity contribution in [2.24, 2.45) is 0 Å². The molecule has 2 aromatic rings. The first kappa shape index (κ1) is 15.9. The maximum Gasteiger partial charge on any atom is 0.270 e. The van der Waals surface area contributed by atoms with Gasteiger partial charge in [0, 0.05) is 30.8 Å². The number of nitro groups is 1. The Morgan fingerprint density at radius 2 is 2.29 bits per heavy atom. The molecular formula is C17H17N3O4. The van der Waals surface area contributed by atoms with Crippen LogP contribution in [0.1, 0.15) is 35.9 Å². The van der Waals surface area contributed by atoms with Crippen molar-refractivity contribution in [3.8, 4) is 0 Å². The third-order valence-electron chi connectivity index (χ3n) is 4.02. The number of likely N-dealkylation sites (tertiary alicyclic amines) is 1. The number of nitrogens with zero attached hydrogens (tertiary/aromatic N) is 3. The summed E-state index contributed by atoms with van der Waals surface area (Å²) in [5, 5.41) is 14.8. The van der Waals surface area contributed by atoms with Crippen molar-refractivity contribution >= 4 is 17.7 Å². The van der Waals surface area contributed by atoms with E-state index in [1.165, 1.54) is 18.2 Å². The van der Waals surface area contributed by atoms with E-state index in [2.05, 4.69) is 5.16 Å². The lowest BCUT2D eigenvalue weighted by molar-refractivity contribution is -0.384. The highest BCUT2D eigenvalue weighted by molar-refractivity contribution is 5.92. The molecule has 1 unspecified atom stereocenters. The van der Waals surface area contributed by atoms with E-state index >= 15 is 0 Å². The van der Waals surface area contributed by atoms with Crippen molar-refractivity contribution in [1.82, 2.24) is 10.1 Å². The zero-order valence-electron chi connectivity index (χ0n) is 13.2. The van der Waals surface area contributed by atoms with Crippen LogP contribution in [0.25, 0.3) is 6.08 Å². The van der Waals surface area contributed by atoms with Crippen LogP contribution in [0.3, 0.4) is 0 Å². The predicted octanol–water partition coefficient (Wildman–Crippen LogP) is 3.27. The fourth-order valence-electron chi connectivity index (χ4n) is 2.89.